The molecule has 0 saturated carbocycles. The van der Waals surface area contributed by atoms with Gasteiger partial charge in [0.25, 0.3) is 0 Å². The van der Waals surface area contributed by atoms with Crippen LogP contribution in [0.3, 0.4) is 0 Å². The highest BCUT2D eigenvalue weighted by Crippen LogP contribution is 2.19. The maximum Gasteiger partial charge on any atom is 0.0666 e. The van der Waals surface area contributed by atoms with E-state index in [0.717, 1.165) is 44.1 Å². The summed E-state index contributed by atoms with van der Waals surface area (Å²) >= 11 is 0. The molecule has 4 heteroatoms. The van der Waals surface area contributed by atoms with Crippen molar-refractivity contribution >= 4 is 17.6 Å². The Hall–Kier alpha value is -3.11. The zero-order chi connectivity index (χ0) is 19.0. The van der Waals surface area contributed by atoms with Gasteiger partial charge in [0.2, 0.25) is 0 Å². The third-order valence-corrected chi connectivity index (χ3v) is 4.84. The van der Waals surface area contributed by atoms with Crippen molar-refractivity contribution in [2.24, 2.45) is 5.10 Å². The predicted molar refractivity (Wildman–Crippen MR) is 116 cm³/mol. The predicted octanol–water partition coefficient (Wildman–Crippen LogP) is 4.56. The van der Waals surface area contributed by atoms with Gasteiger partial charge in [-0.15, -0.1) is 0 Å². The summed E-state index contributed by atoms with van der Waals surface area (Å²) in [4.78, 5) is 2.36. The highest BCUT2D eigenvalue weighted by Gasteiger charge is 2.10. The van der Waals surface area contributed by atoms with Gasteiger partial charge in [0.05, 0.1) is 31.7 Å². The highest BCUT2D eigenvalue weighted by molar-refractivity contribution is 5.81. The molecule has 0 aliphatic carbocycles. The molecule has 0 spiro atoms. The molecular weight excluding hydrogens is 346 g/mol. The average Bonchev–Trinajstić information content (AvgIpc) is 2.79. The maximum atomic E-state index is 5.43. The second-order valence-electron chi connectivity index (χ2n) is 6.81. The van der Waals surface area contributed by atoms with Crippen LogP contribution in [0.15, 0.2) is 90.0 Å². The Kier molecular flexibility index (Phi) is 6.00. The molecule has 4 nitrogen and oxygen atoms in total. The maximum absolute atomic E-state index is 5.43. The number of ether oxygens (including phenoxy) is 1. The monoisotopic (exact) mass is 371 g/mol. The fourth-order valence-electron chi connectivity index (χ4n) is 3.28. The summed E-state index contributed by atoms with van der Waals surface area (Å²) in [5.41, 5.74) is 4.63. The zero-order valence-electron chi connectivity index (χ0n) is 15.9. The molecule has 4 rings (SSSR count). The standard InChI is InChI=1S/C24H25N3O/c1-3-7-22(8-4-1)20-27(24-9-5-2-6-10-24)25-19-21-11-13-23(14-12-21)26-15-17-28-18-16-26/h1-14,19H,15-18,20H2/b25-19-. The van der Waals surface area contributed by atoms with Crippen molar-refractivity contribution in [3.05, 3.63) is 96.1 Å². The van der Waals surface area contributed by atoms with Crippen LogP contribution >= 0.6 is 0 Å². The van der Waals surface area contributed by atoms with Crippen molar-refractivity contribution in [1.82, 2.24) is 0 Å². The van der Waals surface area contributed by atoms with Crippen LogP contribution in [0, 0.1) is 0 Å². The topological polar surface area (TPSA) is 28.1 Å². The lowest BCUT2D eigenvalue weighted by Crippen LogP contribution is -2.36. The number of anilines is 2. The molecule has 0 N–H and O–H groups in total. The van der Waals surface area contributed by atoms with Crippen LogP contribution in [0.1, 0.15) is 11.1 Å². The minimum atomic E-state index is 0.729. The first kappa shape index (κ1) is 18.3. The molecule has 0 radical (unpaired) electrons. The van der Waals surface area contributed by atoms with Crippen LogP contribution in [0.4, 0.5) is 11.4 Å². The van der Waals surface area contributed by atoms with E-state index < -0.39 is 0 Å². The van der Waals surface area contributed by atoms with Gasteiger partial charge in [0.15, 0.2) is 0 Å². The molecule has 142 valence electrons. The molecule has 1 saturated heterocycles. The summed E-state index contributed by atoms with van der Waals surface area (Å²) in [5.74, 6) is 0. The van der Waals surface area contributed by atoms with Gasteiger partial charge < -0.3 is 9.64 Å². The van der Waals surface area contributed by atoms with Gasteiger partial charge in [-0.2, -0.15) is 5.10 Å². The highest BCUT2D eigenvalue weighted by atomic mass is 16.5. The van der Waals surface area contributed by atoms with Crippen molar-refractivity contribution < 1.29 is 4.74 Å². The van der Waals surface area contributed by atoms with Gasteiger partial charge in [0, 0.05) is 18.8 Å². The molecule has 1 fully saturated rings. The van der Waals surface area contributed by atoms with Gasteiger partial charge in [-0.1, -0.05) is 60.7 Å². The lowest BCUT2D eigenvalue weighted by atomic mass is 10.2. The summed E-state index contributed by atoms with van der Waals surface area (Å²) in [5, 5.41) is 6.81. The fraction of sp³-hybridized carbons (Fsp3) is 0.208. The van der Waals surface area contributed by atoms with Crippen LogP contribution < -0.4 is 9.91 Å². The molecule has 3 aromatic rings. The molecule has 0 atom stereocenters. The fourth-order valence-corrected chi connectivity index (χ4v) is 3.28. The molecule has 3 aromatic carbocycles. The number of para-hydroxylation sites is 1. The van der Waals surface area contributed by atoms with Gasteiger partial charge in [-0.25, -0.2) is 0 Å². The molecule has 0 aromatic heterocycles. The number of morpholine rings is 1. The number of hydrogen-bond donors (Lipinski definition) is 0. The van der Waals surface area contributed by atoms with Crippen molar-refractivity contribution in [2.75, 3.05) is 36.2 Å². The number of nitrogens with zero attached hydrogens (tertiary/aromatic N) is 3. The number of rotatable bonds is 6. The van der Waals surface area contributed by atoms with Gasteiger partial charge in [-0.3, -0.25) is 5.01 Å². The first-order valence-electron chi connectivity index (χ1n) is 9.72. The quantitative estimate of drug-likeness (QED) is 0.470. The van der Waals surface area contributed by atoms with Crippen LogP contribution in [0.25, 0.3) is 0 Å². The van der Waals surface area contributed by atoms with Crippen LogP contribution in [-0.4, -0.2) is 32.5 Å². The summed E-state index contributed by atoms with van der Waals surface area (Å²) in [6, 6.07) is 29.3. The van der Waals surface area contributed by atoms with Crippen LogP contribution in [0.5, 0.6) is 0 Å². The van der Waals surface area contributed by atoms with E-state index in [1.54, 1.807) is 0 Å². The largest absolute Gasteiger partial charge is 0.378 e. The van der Waals surface area contributed by atoms with Crippen molar-refractivity contribution in [2.45, 2.75) is 6.54 Å². The molecule has 0 unspecified atom stereocenters. The van der Waals surface area contributed by atoms with Crippen LogP contribution in [-0.2, 0) is 11.3 Å². The average molecular weight is 371 g/mol. The van der Waals surface area contributed by atoms with E-state index in [1.807, 2.05) is 35.5 Å². The van der Waals surface area contributed by atoms with E-state index in [2.05, 4.69) is 65.6 Å². The smallest absolute Gasteiger partial charge is 0.0666 e. The van der Waals surface area contributed by atoms with Crippen molar-refractivity contribution in [3.63, 3.8) is 0 Å². The van der Waals surface area contributed by atoms with E-state index >= 15 is 0 Å². The lowest BCUT2D eigenvalue weighted by Gasteiger charge is -2.28. The molecule has 0 amide bonds. The molecule has 0 bridgehead atoms. The van der Waals surface area contributed by atoms with Crippen LogP contribution in [0.2, 0.25) is 0 Å². The minimum absolute atomic E-state index is 0.729. The third kappa shape index (κ3) is 4.78. The Morgan fingerprint density at radius 1 is 0.821 bits per heavy atom. The molecule has 28 heavy (non-hydrogen) atoms. The van der Waals surface area contributed by atoms with Gasteiger partial charge in [0.1, 0.15) is 0 Å². The number of hydrazone groups is 1. The third-order valence-electron chi connectivity index (χ3n) is 4.84. The zero-order valence-corrected chi connectivity index (χ0v) is 15.9. The van der Waals surface area contributed by atoms with E-state index in [0.29, 0.717) is 0 Å². The second-order valence-corrected chi connectivity index (χ2v) is 6.81. The van der Waals surface area contributed by atoms with Crippen molar-refractivity contribution in [3.8, 4) is 0 Å². The van der Waals surface area contributed by atoms with Gasteiger partial charge in [-0.05, 0) is 35.4 Å². The van der Waals surface area contributed by atoms with E-state index in [-0.39, 0.29) is 0 Å². The van der Waals surface area contributed by atoms with Gasteiger partial charge >= 0.3 is 0 Å². The Morgan fingerprint density at radius 3 is 2.14 bits per heavy atom. The Balaban J connectivity index is 1.50. The SMILES string of the molecule is C(=N/N(Cc1ccccc1)c1ccccc1)/c1ccc(N2CCOCC2)cc1. The van der Waals surface area contributed by atoms with E-state index in [1.165, 1.54) is 11.3 Å². The Labute approximate surface area is 166 Å². The summed E-state index contributed by atoms with van der Waals surface area (Å²) in [6.45, 7) is 4.23. The molecule has 1 aliphatic rings. The summed E-state index contributed by atoms with van der Waals surface area (Å²) in [6.07, 6.45) is 1.93. The van der Waals surface area contributed by atoms with E-state index in [4.69, 9.17) is 9.84 Å². The number of benzene rings is 3. The van der Waals surface area contributed by atoms with E-state index in [9.17, 15) is 0 Å². The normalized spacial score (nSPS) is 14.4. The molecular formula is C24H25N3O. The summed E-state index contributed by atoms with van der Waals surface area (Å²) < 4.78 is 5.43. The number of hydrogen-bond acceptors (Lipinski definition) is 4. The minimum Gasteiger partial charge on any atom is -0.378 e. The Morgan fingerprint density at radius 2 is 1.46 bits per heavy atom. The molecule has 1 aliphatic heterocycles. The molecule has 1 heterocycles. The second kappa shape index (κ2) is 9.20. The Bertz CT molecular complexity index is 873. The van der Waals surface area contributed by atoms with Crippen molar-refractivity contribution in [1.29, 1.82) is 0 Å². The summed E-state index contributed by atoms with van der Waals surface area (Å²) in [7, 11) is 0. The lowest BCUT2D eigenvalue weighted by molar-refractivity contribution is 0.122. The first-order valence-corrected chi connectivity index (χ1v) is 9.72. The first-order chi connectivity index (χ1) is 13.9.